The zero-order valence-corrected chi connectivity index (χ0v) is 21.9. The quantitative estimate of drug-likeness (QED) is 0.333. The van der Waals surface area contributed by atoms with Crippen LogP contribution in [-0.4, -0.2) is 56.5 Å². The normalized spacial score (nSPS) is 14.2. The molecule has 0 saturated carbocycles. The molecule has 11 nitrogen and oxygen atoms in total. The molecule has 5 rings (SSSR count). The first kappa shape index (κ1) is 24.9. The molecule has 0 aliphatic carbocycles. The van der Waals surface area contributed by atoms with Gasteiger partial charge in [-0.05, 0) is 36.2 Å². The number of aromatic nitrogens is 5. The van der Waals surface area contributed by atoms with Crippen molar-refractivity contribution in [2.45, 2.75) is 19.5 Å². The van der Waals surface area contributed by atoms with E-state index in [1.807, 2.05) is 26.1 Å². The van der Waals surface area contributed by atoms with Gasteiger partial charge in [-0.15, -0.1) is 0 Å². The number of hydrogen-bond donors (Lipinski definition) is 1. The molecule has 1 N–H and O–H groups in total. The second-order valence-electron chi connectivity index (χ2n) is 8.75. The summed E-state index contributed by atoms with van der Waals surface area (Å²) in [4.78, 5) is 24.0. The van der Waals surface area contributed by atoms with Gasteiger partial charge in [0.15, 0.2) is 0 Å². The molecule has 0 unspecified atom stereocenters. The fourth-order valence-corrected chi connectivity index (χ4v) is 4.81. The van der Waals surface area contributed by atoms with E-state index in [1.165, 1.54) is 0 Å². The highest BCUT2D eigenvalue weighted by molar-refractivity contribution is 7.85. The Balaban J connectivity index is 1.43. The van der Waals surface area contributed by atoms with Crippen molar-refractivity contribution < 1.29 is 17.4 Å². The number of nitrogens with zero attached hydrogens (tertiary/aromatic N) is 6. The van der Waals surface area contributed by atoms with Crippen molar-refractivity contribution in [3.63, 3.8) is 0 Å². The monoisotopic (exact) mass is 541 g/mol. The van der Waals surface area contributed by atoms with Gasteiger partial charge in [0.25, 0.3) is 10.1 Å². The van der Waals surface area contributed by atoms with Gasteiger partial charge in [0.05, 0.1) is 37.3 Å². The minimum absolute atomic E-state index is 0.226. The molecule has 3 aromatic heterocycles. The average Bonchev–Trinajstić information content (AvgIpc) is 3.51. The van der Waals surface area contributed by atoms with Crippen molar-refractivity contribution >= 4 is 39.5 Å². The Morgan fingerprint density at radius 3 is 2.73 bits per heavy atom. The molecule has 1 aromatic carbocycles. The van der Waals surface area contributed by atoms with Crippen molar-refractivity contribution in [2.24, 2.45) is 7.05 Å². The van der Waals surface area contributed by atoms with Gasteiger partial charge >= 0.3 is 6.03 Å². The number of anilines is 2. The summed E-state index contributed by atoms with van der Waals surface area (Å²) in [6, 6.07) is 9.70. The number of carbonyl (C=O) groups excluding carboxylic acids is 1. The molecule has 192 valence electrons. The number of rotatable bonds is 8. The lowest BCUT2D eigenvalue weighted by atomic mass is 10.1. The SMILES string of the molecule is Cc1cnc(Nc2ccnn2C)nc1-c1cc2n(c1)C(=O)N([C@H](COS(C)(=O)=O)c1cccc(Cl)c1)C2. The average molecular weight is 542 g/mol. The number of fused-ring (bicyclic) bond motifs is 1. The first-order valence-corrected chi connectivity index (χ1v) is 13.5. The molecule has 1 aliphatic heterocycles. The van der Waals surface area contributed by atoms with Crippen LogP contribution in [0.1, 0.15) is 22.9 Å². The van der Waals surface area contributed by atoms with Crippen LogP contribution in [0.4, 0.5) is 16.6 Å². The molecule has 1 amide bonds. The first-order chi connectivity index (χ1) is 17.6. The molecule has 13 heteroatoms. The van der Waals surface area contributed by atoms with Crippen LogP contribution in [0.2, 0.25) is 5.02 Å². The molecular weight excluding hydrogens is 518 g/mol. The Hall–Kier alpha value is -3.74. The number of carbonyl (C=O) groups is 1. The zero-order chi connectivity index (χ0) is 26.3. The molecule has 1 atom stereocenters. The predicted octanol–water partition coefficient (Wildman–Crippen LogP) is 3.89. The van der Waals surface area contributed by atoms with Crippen LogP contribution in [0.3, 0.4) is 0 Å². The summed E-state index contributed by atoms with van der Waals surface area (Å²) in [5.41, 5.74) is 3.72. The second kappa shape index (κ2) is 9.61. The Morgan fingerprint density at radius 1 is 1.24 bits per heavy atom. The maximum atomic E-state index is 13.5. The Bertz CT molecular complexity index is 1600. The summed E-state index contributed by atoms with van der Waals surface area (Å²) < 4.78 is 31.7. The largest absolute Gasteiger partial charge is 0.329 e. The van der Waals surface area contributed by atoms with Gasteiger partial charge in [0, 0.05) is 41.8 Å². The minimum atomic E-state index is -3.71. The molecule has 1 aliphatic rings. The number of halogens is 1. The Morgan fingerprint density at radius 2 is 2.05 bits per heavy atom. The molecular formula is C24H24ClN7O4S. The number of benzene rings is 1. The van der Waals surface area contributed by atoms with E-state index in [4.69, 9.17) is 15.8 Å². The van der Waals surface area contributed by atoms with Crippen molar-refractivity contribution in [3.8, 4) is 11.3 Å². The fourth-order valence-electron chi connectivity index (χ4n) is 4.24. The third-order valence-corrected chi connectivity index (χ3v) is 6.84. The maximum Gasteiger partial charge on any atom is 0.329 e. The van der Waals surface area contributed by atoms with Crippen LogP contribution >= 0.6 is 11.6 Å². The Kier molecular flexibility index (Phi) is 6.48. The third-order valence-electron chi connectivity index (χ3n) is 6.04. The molecule has 4 heterocycles. The van der Waals surface area contributed by atoms with Crippen LogP contribution in [0.5, 0.6) is 0 Å². The summed E-state index contributed by atoms with van der Waals surface area (Å²) in [6.07, 6.45) is 6.10. The summed E-state index contributed by atoms with van der Waals surface area (Å²) in [6.45, 7) is 1.93. The summed E-state index contributed by atoms with van der Waals surface area (Å²) >= 11 is 6.17. The number of aryl methyl sites for hydroxylation is 2. The van der Waals surface area contributed by atoms with Crippen molar-refractivity contribution in [1.29, 1.82) is 0 Å². The van der Waals surface area contributed by atoms with E-state index in [2.05, 4.69) is 20.4 Å². The van der Waals surface area contributed by atoms with Gasteiger partial charge in [0.2, 0.25) is 5.95 Å². The molecule has 0 saturated heterocycles. The standard InChI is InChI=1S/C24H24ClN7O4S/c1-15-11-26-23(28-21-7-8-27-30(21)2)29-22(15)17-10-19-13-32(24(33)31(19)12-17)20(14-36-37(3,34)35)16-5-4-6-18(25)9-16/h4-12,20H,13-14H2,1-3H3,(H,26,28,29)/t20-/m1/s1. The van der Waals surface area contributed by atoms with E-state index in [1.54, 1.807) is 57.0 Å². The summed E-state index contributed by atoms with van der Waals surface area (Å²) in [7, 11) is -1.90. The molecule has 0 radical (unpaired) electrons. The van der Waals surface area contributed by atoms with Gasteiger partial charge in [-0.3, -0.25) is 13.4 Å². The van der Waals surface area contributed by atoms with Crippen molar-refractivity contribution in [1.82, 2.24) is 29.2 Å². The number of amides is 1. The van der Waals surface area contributed by atoms with Crippen molar-refractivity contribution in [3.05, 3.63) is 76.8 Å². The summed E-state index contributed by atoms with van der Waals surface area (Å²) in [5, 5.41) is 7.75. The fraction of sp³-hybridized carbons (Fsp3) is 0.250. The lowest BCUT2D eigenvalue weighted by molar-refractivity contribution is 0.153. The van der Waals surface area contributed by atoms with Crippen LogP contribution < -0.4 is 5.32 Å². The molecule has 37 heavy (non-hydrogen) atoms. The molecule has 0 fully saturated rings. The van der Waals surface area contributed by atoms with Crippen LogP contribution in [0.15, 0.2) is 55.0 Å². The Labute approximate surface area is 218 Å². The second-order valence-corrected chi connectivity index (χ2v) is 10.8. The summed E-state index contributed by atoms with van der Waals surface area (Å²) in [5.74, 6) is 1.14. The van der Waals surface area contributed by atoms with E-state index in [0.717, 1.165) is 28.9 Å². The van der Waals surface area contributed by atoms with Crippen LogP contribution in [-0.2, 0) is 27.9 Å². The minimum Gasteiger partial charge on any atom is -0.309 e. The third kappa shape index (κ3) is 5.22. The topological polar surface area (TPSA) is 124 Å². The van der Waals surface area contributed by atoms with E-state index < -0.39 is 16.2 Å². The number of hydrogen-bond acceptors (Lipinski definition) is 8. The van der Waals surface area contributed by atoms with E-state index in [-0.39, 0.29) is 19.2 Å². The molecule has 0 spiro atoms. The molecule has 0 bridgehead atoms. The van der Waals surface area contributed by atoms with Gasteiger partial charge in [-0.2, -0.15) is 13.5 Å². The highest BCUT2D eigenvalue weighted by Gasteiger charge is 2.35. The zero-order valence-electron chi connectivity index (χ0n) is 20.3. The lowest BCUT2D eigenvalue weighted by Gasteiger charge is -2.27. The van der Waals surface area contributed by atoms with E-state index in [9.17, 15) is 13.2 Å². The maximum absolute atomic E-state index is 13.5. The molecule has 4 aromatic rings. The highest BCUT2D eigenvalue weighted by atomic mass is 35.5. The van der Waals surface area contributed by atoms with Gasteiger partial charge in [-0.1, -0.05) is 23.7 Å². The smallest absolute Gasteiger partial charge is 0.309 e. The van der Waals surface area contributed by atoms with Crippen LogP contribution in [0.25, 0.3) is 11.3 Å². The van der Waals surface area contributed by atoms with Crippen LogP contribution in [0, 0.1) is 6.92 Å². The van der Waals surface area contributed by atoms with Gasteiger partial charge in [-0.25, -0.2) is 14.8 Å². The highest BCUT2D eigenvalue weighted by Crippen LogP contribution is 2.34. The van der Waals surface area contributed by atoms with E-state index >= 15 is 0 Å². The van der Waals surface area contributed by atoms with Crippen molar-refractivity contribution in [2.75, 3.05) is 18.2 Å². The predicted molar refractivity (Wildman–Crippen MR) is 138 cm³/mol. The first-order valence-electron chi connectivity index (χ1n) is 11.3. The number of nitrogens with one attached hydrogen (secondary N) is 1. The van der Waals surface area contributed by atoms with Gasteiger partial charge < -0.3 is 10.2 Å². The van der Waals surface area contributed by atoms with Gasteiger partial charge in [0.1, 0.15) is 5.82 Å². The lowest BCUT2D eigenvalue weighted by Crippen LogP contribution is -2.34. The van der Waals surface area contributed by atoms with E-state index in [0.29, 0.717) is 22.2 Å².